The fourth-order valence-corrected chi connectivity index (χ4v) is 2.97. The molecule has 2 aliphatic rings. The second-order valence-corrected chi connectivity index (χ2v) is 5.22. The van der Waals surface area contributed by atoms with Crippen LogP contribution in [-0.2, 0) is 15.1 Å². The lowest BCUT2D eigenvalue weighted by molar-refractivity contribution is -0.157. The monoisotopic (exact) mass is 264 g/mol. The summed E-state index contributed by atoms with van der Waals surface area (Å²) in [5, 5.41) is 10.1. The summed E-state index contributed by atoms with van der Waals surface area (Å²) in [5.41, 5.74) is 0.0973. The molecule has 1 saturated heterocycles. The van der Waals surface area contributed by atoms with Gasteiger partial charge in [-0.3, -0.25) is 4.79 Å². The van der Waals surface area contributed by atoms with Crippen LogP contribution in [0.1, 0.15) is 25.0 Å². The molecule has 1 aromatic carbocycles. The predicted molar refractivity (Wildman–Crippen MR) is 66.4 cm³/mol. The average Bonchev–Trinajstić information content (AvgIpc) is 2.55. The van der Waals surface area contributed by atoms with E-state index < -0.39 is 11.9 Å². The van der Waals surface area contributed by atoms with E-state index in [4.69, 9.17) is 14.2 Å². The van der Waals surface area contributed by atoms with Gasteiger partial charge in [-0.15, -0.1) is 0 Å². The van der Waals surface area contributed by atoms with E-state index in [1.807, 2.05) is 0 Å². The Hall–Kier alpha value is -1.75. The molecule has 3 rings (SSSR count). The lowest BCUT2D eigenvalue weighted by Gasteiger charge is -2.33. The van der Waals surface area contributed by atoms with Crippen LogP contribution < -0.4 is 9.47 Å². The van der Waals surface area contributed by atoms with Gasteiger partial charge in [0.25, 0.3) is 0 Å². The molecule has 102 valence electrons. The van der Waals surface area contributed by atoms with Crippen molar-refractivity contribution < 1.29 is 24.1 Å². The van der Waals surface area contributed by atoms with Crippen molar-refractivity contribution in [1.82, 2.24) is 0 Å². The van der Waals surface area contributed by atoms with E-state index >= 15 is 0 Å². The molecule has 3 atom stereocenters. The van der Waals surface area contributed by atoms with Crippen LogP contribution in [0, 0.1) is 12.8 Å². The molecule has 0 unspecified atom stereocenters. The van der Waals surface area contributed by atoms with E-state index in [1.54, 1.807) is 26.8 Å². The highest BCUT2D eigenvalue weighted by atomic mass is 16.7. The Morgan fingerprint density at radius 1 is 1.47 bits per heavy atom. The predicted octanol–water partition coefficient (Wildman–Crippen LogP) is 1.88. The van der Waals surface area contributed by atoms with Crippen molar-refractivity contribution in [2.24, 2.45) is 5.92 Å². The maximum Gasteiger partial charge on any atom is 0.210 e. The Morgan fingerprint density at radius 3 is 2.79 bits per heavy atom. The fraction of sp³-hybridized carbons (Fsp3) is 0.500. The Morgan fingerprint density at radius 2 is 2.16 bits per heavy atom. The van der Waals surface area contributed by atoms with Crippen LogP contribution in [0.15, 0.2) is 6.07 Å². The third kappa shape index (κ3) is 1.36. The molecule has 1 aromatic rings. The van der Waals surface area contributed by atoms with E-state index in [2.05, 4.69) is 0 Å². The third-order valence-corrected chi connectivity index (χ3v) is 4.06. The van der Waals surface area contributed by atoms with Crippen molar-refractivity contribution in [1.29, 1.82) is 0 Å². The number of hydrogen-bond donors (Lipinski definition) is 1. The number of fused-ring (bicyclic) bond motifs is 4. The number of carbonyl (C=O) groups excluding carboxylic acids is 1. The number of benzene rings is 1. The first-order chi connectivity index (χ1) is 8.90. The fourth-order valence-electron chi connectivity index (χ4n) is 2.97. The second-order valence-electron chi connectivity index (χ2n) is 5.22. The number of ketones is 1. The number of aromatic hydroxyl groups is 1. The summed E-state index contributed by atoms with van der Waals surface area (Å²) >= 11 is 0. The molecular weight excluding hydrogens is 248 g/mol. The Bertz CT molecular complexity index is 580. The van der Waals surface area contributed by atoms with Crippen LogP contribution in [-0.4, -0.2) is 24.3 Å². The van der Waals surface area contributed by atoms with Gasteiger partial charge in [-0.05, 0) is 20.8 Å². The molecule has 0 radical (unpaired) electrons. The Balaban J connectivity index is 2.28. The van der Waals surface area contributed by atoms with Gasteiger partial charge < -0.3 is 19.3 Å². The molecule has 2 bridgehead atoms. The van der Waals surface area contributed by atoms with Crippen molar-refractivity contribution in [2.75, 3.05) is 7.11 Å². The highest BCUT2D eigenvalue weighted by Crippen LogP contribution is 2.52. The molecule has 2 aliphatic heterocycles. The van der Waals surface area contributed by atoms with Crippen molar-refractivity contribution in [3.8, 4) is 17.2 Å². The molecular formula is C14H16O5. The quantitative estimate of drug-likeness (QED) is 0.839. The normalized spacial score (nSPS) is 31.9. The molecule has 5 nitrogen and oxygen atoms in total. The molecule has 5 heteroatoms. The lowest BCUT2D eigenvalue weighted by Crippen LogP contribution is -2.35. The first-order valence-electron chi connectivity index (χ1n) is 6.20. The van der Waals surface area contributed by atoms with Crippen molar-refractivity contribution in [3.63, 3.8) is 0 Å². The Kier molecular flexibility index (Phi) is 2.35. The minimum absolute atomic E-state index is 0.0143. The third-order valence-electron chi connectivity index (χ3n) is 4.06. The summed E-state index contributed by atoms with van der Waals surface area (Å²) < 4.78 is 16.5. The van der Waals surface area contributed by atoms with Gasteiger partial charge in [0, 0.05) is 17.2 Å². The molecule has 2 heterocycles. The number of hydrogen-bond acceptors (Lipinski definition) is 5. The number of methoxy groups -OCH3 is 1. The Labute approximate surface area is 111 Å². The number of ether oxygens (including phenoxy) is 3. The zero-order valence-corrected chi connectivity index (χ0v) is 11.3. The maximum atomic E-state index is 12.4. The molecule has 0 aromatic heterocycles. The van der Waals surface area contributed by atoms with Crippen LogP contribution in [0.3, 0.4) is 0 Å². The first-order valence-corrected chi connectivity index (χ1v) is 6.20. The van der Waals surface area contributed by atoms with Crippen molar-refractivity contribution in [2.45, 2.75) is 32.7 Å². The van der Waals surface area contributed by atoms with Crippen LogP contribution in [0.2, 0.25) is 0 Å². The van der Waals surface area contributed by atoms with E-state index in [-0.39, 0.29) is 17.5 Å². The molecule has 0 spiro atoms. The summed E-state index contributed by atoms with van der Waals surface area (Å²) in [7, 11) is 1.48. The molecule has 0 saturated carbocycles. The maximum absolute atomic E-state index is 12.4. The zero-order chi connectivity index (χ0) is 13.9. The van der Waals surface area contributed by atoms with E-state index in [9.17, 15) is 9.90 Å². The SMILES string of the molecule is COc1cc2c(c(C)c1O)[C@@]1(C)O[C@@H](O2)[C@@H](C)C1=O. The highest BCUT2D eigenvalue weighted by molar-refractivity contribution is 5.94. The van der Waals surface area contributed by atoms with Crippen LogP contribution in [0.5, 0.6) is 17.2 Å². The van der Waals surface area contributed by atoms with Crippen LogP contribution >= 0.6 is 0 Å². The van der Waals surface area contributed by atoms with Gasteiger partial charge in [-0.25, -0.2) is 0 Å². The average molecular weight is 264 g/mol. The molecule has 1 fully saturated rings. The van der Waals surface area contributed by atoms with Crippen LogP contribution in [0.4, 0.5) is 0 Å². The van der Waals surface area contributed by atoms with E-state index in [0.29, 0.717) is 22.6 Å². The number of rotatable bonds is 1. The molecule has 0 amide bonds. The minimum Gasteiger partial charge on any atom is -0.504 e. The second kappa shape index (κ2) is 3.63. The number of carbonyl (C=O) groups is 1. The van der Waals surface area contributed by atoms with Gasteiger partial charge >= 0.3 is 0 Å². The zero-order valence-electron chi connectivity index (χ0n) is 11.3. The summed E-state index contributed by atoms with van der Waals surface area (Å²) in [5.74, 6) is 0.541. The van der Waals surface area contributed by atoms with Gasteiger partial charge in [-0.1, -0.05) is 0 Å². The largest absolute Gasteiger partial charge is 0.504 e. The van der Waals surface area contributed by atoms with E-state index in [1.165, 1.54) is 7.11 Å². The smallest absolute Gasteiger partial charge is 0.210 e. The van der Waals surface area contributed by atoms with Gasteiger partial charge in [-0.2, -0.15) is 0 Å². The van der Waals surface area contributed by atoms with Crippen LogP contribution in [0.25, 0.3) is 0 Å². The van der Waals surface area contributed by atoms with Gasteiger partial charge in [0.05, 0.1) is 13.0 Å². The number of phenols is 1. The minimum atomic E-state index is -1.05. The van der Waals surface area contributed by atoms with E-state index in [0.717, 1.165) is 0 Å². The standard InChI is InChI=1S/C14H16O5/c1-6-10-8(5-9(17-4)11(6)15)18-13-7(2)12(16)14(10,3)19-13/h5,7,13,15H,1-4H3/t7-,13+,14+/m0/s1. The highest BCUT2D eigenvalue weighted by Gasteiger charge is 2.57. The van der Waals surface area contributed by atoms with Gasteiger partial charge in [0.1, 0.15) is 5.75 Å². The molecule has 0 aliphatic carbocycles. The van der Waals surface area contributed by atoms with Gasteiger partial charge in [0.2, 0.25) is 6.29 Å². The summed E-state index contributed by atoms with van der Waals surface area (Å²) in [6, 6.07) is 1.61. The van der Waals surface area contributed by atoms with Gasteiger partial charge in [0.15, 0.2) is 22.9 Å². The molecule has 19 heavy (non-hydrogen) atoms. The summed E-state index contributed by atoms with van der Waals surface area (Å²) in [4.78, 5) is 12.4. The first kappa shape index (κ1) is 12.3. The number of phenolic OH excluding ortho intramolecular Hbond substituents is 1. The topological polar surface area (TPSA) is 65.0 Å². The van der Waals surface area contributed by atoms with Crippen molar-refractivity contribution in [3.05, 3.63) is 17.2 Å². The summed E-state index contributed by atoms with van der Waals surface area (Å²) in [6.07, 6.45) is -0.571. The van der Waals surface area contributed by atoms with Crippen molar-refractivity contribution >= 4 is 5.78 Å². The lowest BCUT2D eigenvalue weighted by atomic mass is 9.85. The summed E-state index contributed by atoms with van der Waals surface area (Å²) in [6.45, 7) is 5.24. The number of Topliss-reactive ketones (excluding diaryl/α,β-unsaturated/α-hetero) is 1. The molecule has 1 N–H and O–H groups in total.